The predicted molar refractivity (Wildman–Crippen MR) is 85.7 cm³/mol. The molecule has 0 bridgehead atoms. The first-order valence-electron chi connectivity index (χ1n) is 7.41. The minimum Gasteiger partial charge on any atom is -0.477 e. The Labute approximate surface area is 132 Å². The minimum absolute atomic E-state index is 0.202. The fraction of sp³-hybridized carbons (Fsp3) is 0.533. The van der Waals surface area contributed by atoms with Crippen molar-refractivity contribution in [2.75, 3.05) is 5.32 Å². The van der Waals surface area contributed by atoms with E-state index in [4.69, 9.17) is 0 Å². The van der Waals surface area contributed by atoms with E-state index in [1.165, 1.54) is 11.3 Å². The smallest absolute Gasteiger partial charge is 0.346 e. The number of aromatic carboxylic acids is 1. The highest BCUT2D eigenvalue weighted by Crippen LogP contribution is 2.35. The number of aliphatic hydroxyl groups excluding tert-OH is 1. The zero-order chi connectivity index (χ0) is 15.9. The third-order valence-corrected chi connectivity index (χ3v) is 5.31. The lowest BCUT2D eigenvalue weighted by atomic mass is 9.93. The molecule has 22 heavy (non-hydrogen) atoms. The first-order chi connectivity index (χ1) is 10.5. The van der Waals surface area contributed by atoms with E-state index >= 15 is 0 Å². The number of aromatic nitrogens is 2. The van der Waals surface area contributed by atoms with Crippen molar-refractivity contribution in [3.8, 4) is 0 Å². The SMILES string of the molecule is Cc1nc(NC2CCC(O)CC2)c2c(C)c(C(=O)O)sc2n1. The number of rotatable bonds is 3. The molecule has 1 fully saturated rings. The first-order valence-corrected chi connectivity index (χ1v) is 8.23. The topological polar surface area (TPSA) is 95.3 Å². The summed E-state index contributed by atoms with van der Waals surface area (Å²) in [6, 6.07) is 0.258. The van der Waals surface area contributed by atoms with Crippen molar-refractivity contribution in [2.24, 2.45) is 0 Å². The highest BCUT2D eigenvalue weighted by molar-refractivity contribution is 7.20. The van der Waals surface area contributed by atoms with Crippen LogP contribution in [0.2, 0.25) is 0 Å². The summed E-state index contributed by atoms with van der Waals surface area (Å²) in [4.78, 5) is 21.2. The highest BCUT2D eigenvalue weighted by Gasteiger charge is 2.23. The number of carboxylic acid groups (broad SMARTS) is 1. The number of nitrogens with one attached hydrogen (secondary N) is 1. The van der Waals surface area contributed by atoms with E-state index in [-0.39, 0.29) is 12.1 Å². The summed E-state index contributed by atoms with van der Waals surface area (Å²) >= 11 is 1.19. The first kappa shape index (κ1) is 15.2. The largest absolute Gasteiger partial charge is 0.477 e. The summed E-state index contributed by atoms with van der Waals surface area (Å²) in [5.41, 5.74) is 0.714. The number of carboxylic acids is 1. The van der Waals surface area contributed by atoms with E-state index in [0.29, 0.717) is 26.9 Å². The van der Waals surface area contributed by atoms with E-state index in [1.807, 2.05) is 6.92 Å². The Hall–Kier alpha value is -1.73. The number of fused-ring (bicyclic) bond motifs is 1. The zero-order valence-corrected chi connectivity index (χ0v) is 13.4. The molecule has 2 heterocycles. The third kappa shape index (κ3) is 2.78. The second-order valence-electron chi connectivity index (χ2n) is 5.81. The summed E-state index contributed by atoms with van der Waals surface area (Å²) in [7, 11) is 0. The molecule has 0 radical (unpaired) electrons. The number of nitrogens with zero attached hydrogens (tertiary/aromatic N) is 2. The maximum absolute atomic E-state index is 11.3. The quantitative estimate of drug-likeness (QED) is 0.804. The Bertz CT molecular complexity index is 720. The van der Waals surface area contributed by atoms with Gasteiger partial charge in [0.2, 0.25) is 0 Å². The maximum atomic E-state index is 11.3. The molecule has 2 aromatic rings. The zero-order valence-electron chi connectivity index (χ0n) is 12.6. The molecule has 0 spiro atoms. The van der Waals surface area contributed by atoms with Gasteiger partial charge in [0.25, 0.3) is 0 Å². The second kappa shape index (κ2) is 5.81. The van der Waals surface area contributed by atoms with Gasteiger partial charge in [-0.3, -0.25) is 0 Å². The van der Waals surface area contributed by atoms with Crippen molar-refractivity contribution in [3.05, 3.63) is 16.3 Å². The number of aliphatic hydroxyl groups is 1. The Balaban J connectivity index is 1.99. The average Bonchev–Trinajstić information content (AvgIpc) is 2.78. The fourth-order valence-electron chi connectivity index (χ4n) is 2.97. The molecular weight excluding hydrogens is 302 g/mol. The molecule has 3 N–H and O–H groups in total. The molecule has 0 aliphatic heterocycles. The Morgan fingerprint density at radius 2 is 1.91 bits per heavy atom. The molecule has 0 atom stereocenters. The predicted octanol–water partition coefficient (Wildman–Crippen LogP) is 2.72. The van der Waals surface area contributed by atoms with Gasteiger partial charge >= 0.3 is 5.97 Å². The van der Waals surface area contributed by atoms with Gasteiger partial charge < -0.3 is 15.5 Å². The van der Waals surface area contributed by atoms with Crippen LogP contribution in [0.5, 0.6) is 0 Å². The van der Waals surface area contributed by atoms with E-state index in [9.17, 15) is 15.0 Å². The van der Waals surface area contributed by atoms with Crippen molar-refractivity contribution >= 4 is 33.3 Å². The van der Waals surface area contributed by atoms with Crippen LogP contribution in [-0.4, -0.2) is 38.3 Å². The number of aryl methyl sites for hydroxylation is 2. The monoisotopic (exact) mass is 321 g/mol. The van der Waals surface area contributed by atoms with Gasteiger partial charge in [0.05, 0.1) is 11.5 Å². The standard InChI is InChI=1S/C15H19N3O3S/c1-7-11-13(18-9-3-5-10(19)6-4-9)16-8(2)17-14(11)22-12(7)15(20)21/h9-10,19H,3-6H2,1-2H3,(H,20,21)(H,16,17,18). The van der Waals surface area contributed by atoms with Crippen molar-refractivity contribution in [2.45, 2.75) is 51.7 Å². The second-order valence-corrected chi connectivity index (χ2v) is 6.81. The minimum atomic E-state index is -0.926. The van der Waals surface area contributed by atoms with Crippen LogP contribution in [0.3, 0.4) is 0 Å². The molecule has 2 aromatic heterocycles. The van der Waals surface area contributed by atoms with Crippen molar-refractivity contribution in [1.29, 1.82) is 0 Å². The Morgan fingerprint density at radius 3 is 2.55 bits per heavy atom. The summed E-state index contributed by atoms with van der Waals surface area (Å²) in [6.45, 7) is 3.61. The Morgan fingerprint density at radius 1 is 1.23 bits per heavy atom. The van der Waals surface area contributed by atoms with Gasteiger partial charge in [-0.15, -0.1) is 11.3 Å². The highest BCUT2D eigenvalue weighted by atomic mass is 32.1. The average molecular weight is 321 g/mol. The molecule has 7 heteroatoms. The third-order valence-electron chi connectivity index (χ3n) is 4.13. The number of anilines is 1. The van der Waals surface area contributed by atoms with E-state index < -0.39 is 5.97 Å². The van der Waals surface area contributed by atoms with Gasteiger partial charge in [-0.25, -0.2) is 14.8 Å². The molecule has 3 rings (SSSR count). The van der Waals surface area contributed by atoms with Crippen LogP contribution in [0.4, 0.5) is 5.82 Å². The van der Waals surface area contributed by atoms with Gasteiger partial charge in [0.15, 0.2) is 0 Å². The molecule has 6 nitrogen and oxygen atoms in total. The van der Waals surface area contributed by atoms with Crippen molar-refractivity contribution < 1.29 is 15.0 Å². The van der Waals surface area contributed by atoms with Crippen LogP contribution < -0.4 is 5.32 Å². The molecule has 1 aliphatic rings. The molecule has 1 aliphatic carbocycles. The summed E-state index contributed by atoms with van der Waals surface area (Å²) < 4.78 is 0. The molecule has 0 unspecified atom stereocenters. The molecule has 0 saturated heterocycles. The van der Waals surface area contributed by atoms with Crippen LogP contribution in [0.15, 0.2) is 0 Å². The number of thiophene rings is 1. The maximum Gasteiger partial charge on any atom is 0.346 e. The Kier molecular flexibility index (Phi) is 4.01. The van der Waals surface area contributed by atoms with Crippen LogP contribution in [-0.2, 0) is 0 Å². The lowest BCUT2D eigenvalue weighted by Gasteiger charge is -2.27. The van der Waals surface area contributed by atoms with Crippen LogP contribution in [0.25, 0.3) is 10.2 Å². The van der Waals surface area contributed by atoms with E-state index in [2.05, 4.69) is 15.3 Å². The van der Waals surface area contributed by atoms with Gasteiger partial charge in [-0.05, 0) is 45.1 Å². The number of carbonyl (C=O) groups is 1. The lowest BCUT2D eigenvalue weighted by Crippen LogP contribution is -2.28. The molecule has 1 saturated carbocycles. The summed E-state index contributed by atoms with van der Waals surface area (Å²) in [5.74, 6) is 0.416. The molecule has 0 aromatic carbocycles. The van der Waals surface area contributed by atoms with E-state index in [1.54, 1.807) is 6.92 Å². The fourth-order valence-corrected chi connectivity index (χ4v) is 4.03. The number of hydrogen-bond acceptors (Lipinski definition) is 6. The van der Waals surface area contributed by atoms with Gasteiger partial charge in [-0.1, -0.05) is 0 Å². The molecule has 118 valence electrons. The lowest BCUT2D eigenvalue weighted by molar-refractivity contribution is 0.0701. The van der Waals surface area contributed by atoms with Gasteiger partial charge in [-0.2, -0.15) is 0 Å². The van der Waals surface area contributed by atoms with E-state index in [0.717, 1.165) is 31.1 Å². The van der Waals surface area contributed by atoms with Gasteiger partial charge in [0, 0.05) is 6.04 Å². The normalized spacial score (nSPS) is 22.0. The van der Waals surface area contributed by atoms with Crippen LogP contribution >= 0.6 is 11.3 Å². The molecular formula is C15H19N3O3S. The van der Waals surface area contributed by atoms with Crippen LogP contribution in [0, 0.1) is 13.8 Å². The summed E-state index contributed by atoms with van der Waals surface area (Å²) in [5, 5.41) is 23.1. The van der Waals surface area contributed by atoms with Crippen LogP contribution in [0.1, 0.15) is 46.7 Å². The summed E-state index contributed by atoms with van der Waals surface area (Å²) in [6.07, 6.45) is 3.15. The molecule has 0 amide bonds. The van der Waals surface area contributed by atoms with Crippen molar-refractivity contribution in [3.63, 3.8) is 0 Å². The van der Waals surface area contributed by atoms with Gasteiger partial charge in [0.1, 0.15) is 21.3 Å². The van der Waals surface area contributed by atoms with Crippen molar-refractivity contribution in [1.82, 2.24) is 9.97 Å². The number of hydrogen-bond donors (Lipinski definition) is 3.